The number of β-amino-alcohol motifs (C(OH)–C–C–N with tert-alkyl or cyclic N) is 2. The van der Waals surface area contributed by atoms with Crippen molar-refractivity contribution in [2.75, 3.05) is 39.3 Å². The van der Waals surface area contributed by atoms with E-state index in [-0.39, 0.29) is 19.1 Å². The zero-order valence-electron chi connectivity index (χ0n) is 12.7. The van der Waals surface area contributed by atoms with Crippen LogP contribution < -0.4 is 0 Å². The standard InChI is InChI=1S/C16H24N2O4/c19-8-7-17-5-6-18(11-15(21)10-17)16(22)9-13-1-3-14(12-20)4-2-13/h1-4,15,19-21H,5-12H2. The minimum Gasteiger partial charge on any atom is -0.395 e. The Kier molecular flexibility index (Phi) is 6.33. The molecule has 1 heterocycles. The van der Waals surface area contributed by atoms with E-state index in [1.54, 1.807) is 4.90 Å². The first-order valence-electron chi connectivity index (χ1n) is 7.60. The molecule has 0 saturated carbocycles. The quantitative estimate of drug-likeness (QED) is 0.664. The third kappa shape index (κ3) is 4.78. The van der Waals surface area contributed by atoms with Gasteiger partial charge in [0.1, 0.15) is 0 Å². The molecule has 0 aromatic heterocycles. The van der Waals surface area contributed by atoms with Crippen LogP contribution in [-0.2, 0) is 17.8 Å². The molecule has 22 heavy (non-hydrogen) atoms. The van der Waals surface area contributed by atoms with Crippen molar-refractivity contribution in [3.8, 4) is 0 Å². The Hall–Kier alpha value is -1.47. The molecule has 0 radical (unpaired) electrons. The molecule has 1 saturated heterocycles. The molecule has 1 unspecified atom stereocenters. The summed E-state index contributed by atoms with van der Waals surface area (Å²) < 4.78 is 0. The monoisotopic (exact) mass is 308 g/mol. The number of nitrogens with zero attached hydrogens (tertiary/aromatic N) is 2. The van der Waals surface area contributed by atoms with E-state index in [1.807, 2.05) is 29.2 Å². The molecule has 1 aliphatic rings. The second-order valence-corrected chi connectivity index (χ2v) is 5.67. The number of amides is 1. The summed E-state index contributed by atoms with van der Waals surface area (Å²) in [5, 5.41) is 28.0. The van der Waals surface area contributed by atoms with Crippen LogP contribution >= 0.6 is 0 Å². The number of aliphatic hydroxyl groups is 3. The lowest BCUT2D eigenvalue weighted by atomic mass is 10.1. The fraction of sp³-hybridized carbons (Fsp3) is 0.562. The number of rotatable bonds is 5. The molecule has 1 amide bonds. The van der Waals surface area contributed by atoms with Crippen LogP contribution in [0.15, 0.2) is 24.3 Å². The Balaban J connectivity index is 1.93. The third-order valence-electron chi connectivity index (χ3n) is 3.92. The van der Waals surface area contributed by atoms with Gasteiger partial charge >= 0.3 is 0 Å². The summed E-state index contributed by atoms with van der Waals surface area (Å²) in [7, 11) is 0. The van der Waals surface area contributed by atoms with Crippen molar-refractivity contribution >= 4 is 5.91 Å². The molecule has 6 heteroatoms. The van der Waals surface area contributed by atoms with Crippen LogP contribution in [0.5, 0.6) is 0 Å². The van der Waals surface area contributed by atoms with Gasteiger partial charge in [-0.1, -0.05) is 24.3 Å². The van der Waals surface area contributed by atoms with E-state index in [4.69, 9.17) is 10.2 Å². The predicted octanol–water partition coefficient (Wildman–Crippen LogP) is -0.781. The van der Waals surface area contributed by atoms with Gasteiger partial charge < -0.3 is 20.2 Å². The first-order valence-corrected chi connectivity index (χ1v) is 7.60. The van der Waals surface area contributed by atoms with E-state index in [1.165, 1.54) is 0 Å². The summed E-state index contributed by atoms with van der Waals surface area (Å²) in [6.07, 6.45) is -0.298. The third-order valence-corrected chi connectivity index (χ3v) is 3.92. The largest absolute Gasteiger partial charge is 0.395 e. The van der Waals surface area contributed by atoms with E-state index in [0.717, 1.165) is 11.1 Å². The van der Waals surface area contributed by atoms with Gasteiger partial charge in [-0.3, -0.25) is 9.69 Å². The van der Waals surface area contributed by atoms with Gasteiger partial charge in [0.05, 0.1) is 25.7 Å². The molecule has 0 bridgehead atoms. The molecule has 3 N–H and O–H groups in total. The van der Waals surface area contributed by atoms with Crippen LogP contribution in [0.3, 0.4) is 0 Å². The van der Waals surface area contributed by atoms with Gasteiger partial charge in [0.15, 0.2) is 0 Å². The first-order chi connectivity index (χ1) is 10.6. The van der Waals surface area contributed by atoms with E-state index >= 15 is 0 Å². The van der Waals surface area contributed by atoms with Gasteiger partial charge in [-0.15, -0.1) is 0 Å². The first kappa shape index (κ1) is 16.9. The van der Waals surface area contributed by atoms with E-state index in [0.29, 0.717) is 39.1 Å². The maximum Gasteiger partial charge on any atom is 0.227 e. The number of hydrogen-bond donors (Lipinski definition) is 3. The number of carbonyl (C=O) groups excluding carboxylic acids is 1. The molecular formula is C16H24N2O4. The highest BCUT2D eigenvalue weighted by molar-refractivity contribution is 5.78. The summed E-state index contributed by atoms with van der Waals surface area (Å²) in [6.45, 7) is 2.59. The summed E-state index contributed by atoms with van der Waals surface area (Å²) in [5.41, 5.74) is 1.72. The fourth-order valence-corrected chi connectivity index (χ4v) is 2.67. The highest BCUT2D eigenvalue weighted by atomic mass is 16.3. The van der Waals surface area contributed by atoms with Crippen molar-refractivity contribution in [1.29, 1.82) is 0 Å². The maximum atomic E-state index is 12.4. The molecule has 1 atom stereocenters. The summed E-state index contributed by atoms with van der Waals surface area (Å²) in [4.78, 5) is 16.0. The van der Waals surface area contributed by atoms with E-state index in [9.17, 15) is 9.90 Å². The molecule has 0 spiro atoms. The van der Waals surface area contributed by atoms with Crippen molar-refractivity contribution in [1.82, 2.24) is 9.80 Å². The van der Waals surface area contributed by atoms with Gasteiger partial charge in [-0.2, -0.15) is 0 Å². The molecule has 1 aliphatic heterocycles. The van der Waals surface area contributed by atoms with E-state index in [2.05, 4.69) is 0 Å². The molecule has 0 aliphatic carbocycles. The molecular weight excluding hydrogens is 284 g/mol. The van der Waals surface area contributed by atoms with Crippen LogP contribution in [0.25, 0.3) is 0 Å². The van der Waals surface area contributed by atoms with Gasteiger partial charge in [0.2, 0.25) is 5.91 Å². The number of benzene rings is 1. The predicted molar refractivity (Wildman–Crippen MR) is 82.2 cm³/mol. The van der Waals surface area contributed by atoms with Gasteiger partial charge in [0, 0.05) is 32.7 Å². The summed E-state index contributed by atoms with van der Waals surface area (Å²) >= 11 is 0. The van der Waals surface area contributed by atoms with Crippen molar-refractivity contribution in [3.63, 3.8) is 0 Å². The van der Waals surface area contributed by atoms with E-state index < -0.39 is 6.10 Å². The Bertz CT molecular complexity index is 478. The van der Waals surface area contributed by atoms with Crippen LogP contribution in [0.1, 0.15) is 11.1 Å². The number of hydrogen-bond acceptors (Lipinski definition) is 5. The van der Waals surface area contributed by atoms with Crippen LogP contribution in [0.4, 0.5) is 0 Å². The maximum absolute atomic E-state index is 12.4. The topological polar surface area (TPSA) is 84.2 Å². The Morgan fingerprint density at radius 2 is 1.77 bits per heavy atom. The number of carbonyl (C=O) groups is 1. The average molecular weight is 308 g/mol. The zero-order valence-corrected chi connectivity index (χ0v) is 12.7. The van der Waals surface area contributed by atoms with Gasteiger partial charge in [-0.05, 0) is 11.1 Å². The second kappa shape index (κ2) is 8.24. The molecule has 2 rings (SSSR count). The number of aliphatic hydroxyl groups excluding tert-OH is 3. The minimum atomic E-state index is -0.588. The molecule has 1 aromatic rings. The Morgan fingerprint density at radius 3 is 2.41 bits per heavy atom. The minimum absolute atomic E-state index is 0.00671. The van der Waals surface area contributed by atoms with Crippen molar-refractivity contribution in [2.45, 2.75) is 19.1 Å². The summed E-state index contributed by atoms with van der Waals surface area (Å²) in [5.74, 6) is -0.0124. The lowest BCUT2D eigenvalue weighted by Gasteiger charge is -2.22. The Labute approximate surface area is 130 Å². The van der Waals surface area contributed by atoms with Crippen LogP contribution in [-0.4, -0.2) is 76.5 Å². The molecule has 6 nitrogen and oxygen atoms in total. The molecule has 1 aromatic carbocycles. The highest BCUT2D eigenvalue weighted by Gasteiger charge is 2.24. The van der Waals surface area contributed by atoms with Crippen LogP contribution in [0.2, 0.25) is 0 Å². The van der Waals surface area contributed by atoms with Crippen LogP contribution in [0, 0.1) is 0 Å². The van der Waals surface area contributed by atoms with Crippen molar-refractivity contribution in [3.05, 3.63) is 35.4 Å². The van der Waals surface area contributed by atoms with Crippen molar-refractivity contribution < 1.29 is 20.1 Å². The smallest absolute Gasteiger partial charge is 0.227 e. The fourth-order valence-electron chi connectivity index (χ4n) is 2.67. The van der Waals surface area contributed by atoms with Crippen molar-refractivity contribution in [2.24, 2.45) is 0 Å². The zero-order chi connectivity index (χ0) is 15.9. The molecule has 1 fully saturated rings. The Morgan fingerprint density at radius 1 is 1.09 bits per heavy atom. The lowest BCUT2D eigenvalue weighted by Crippen LogP contribution is -2.38. The lowest BCUT2D eigenvalue weighted by molar-refractivity contribution is -0.131. The average Bonchev–Trinajstić information content (AvgIpc) is 2.70. The highest BCUT2D eigenvalue weighted by Crippen LogP contribution is 2.09. The summed E-state index contributed by atoms with van der Waals surface area (Å²) in [6, 6.07) is 7.30. The normalized spacial score (nSPS) is 20.0. The van der Waals surface area contributed by atoms with Gasteiger partial charge in [-0.25, -0.2) is 0 Å². The van der Waals surface area contributed by atoms with Gasteiger partial charge in [0.25, 0.3) is 0 Å². The SMILES string of the molecule is O=C(Cc1ccc(CO)cc1)N1CCN(CCO)CC(O)C1. The molecule has 122 valence electrons. The second-order valence-electron chi connectivity index (χ2n) is 5.67.